The molecule has 2 heterocycles. The van der Waals surface area contributed by atoms with E-state index in [1.54, 1.807) is 0 Å². The largest absolute Gasteiger partial charge is 0.368 e. The highest BCUT2D eigenvalue weighted by Crippen LogP contribution is 2.18. The summed E-state index contributed by atoms with van der Waals surface area (Å²) in [5.41, 5.74) is 2.24. The minimum Gasteiger partial charge on any atom is -0.368 e. The molecule has 0 radical (unpaired) electrons. The zero-order valence-corrected chi connectivity index (χ0v) is 19.9. The fourth-order valence-corrected chi connectivity index (χ4v) is 3.56. The average Bonchev–Trinajstić information content (AvgIpc) is 3.12. The first-order valence-corrected chi connectivity index (χ1v) is 9.59. The van der Waals surface area contributed by atoms with Gasteiger partial charge in [-0.05, 0) is 38.4 Å². The van der Waals surface area contributed by atoms with Crippen molar-refractivity contribution in [3.8, 4) is 0 Å². The van der Waals surface area contributed by atoms with Crippen LogP contribution in [0.3, 0.4) is 0 Å². The lowest BCUT2D eigenvalue weighted by molar-refractivity contribution is 0.292. The van der Waals surface area contributed by atoms with E-state index in [4.69, 9.17) is 0 Å². The summed E-state index contributed by atoms with van der Waals surface area (Å²) in [4.78, 5) is 11.2. The van der Waals surface area contributed by atoms with Crippen molar-refractivity contribution in [2.24, 2.45) is 12.0 Å². The van der Waals surface area contributed by atoms with Gasteiger partial charge in [-0.15, -0.1) is 24.0 Å². The van der Waals surface area contributed by atoms with E-state index in [1.165, 1.54) is 17.7 Å². The molecule has 1 saturated heterocycles. The first-order chi connectivity index (χ1) is 13.5. The molecule has 9 heteroatoms. The molecule has 0 bridgehead atoms. The topological polar surface area (TPSA) is 51.9 Å². The Hall–Kier alpha value is -1.88. The Morgan fingerprint density at radius 3 is 2.38 bits per heavy atom. The third-order valence-electron chi connectivity index (χ3n) is 5.17. The second-order valence-electron chi connectivity index (χ2n) is 7.31. The maximum absolute atomic E-state index is 13.1. The van der Waals surface area contributed by atoms with Crippen LogP contribution in [0.25, 0.3) is 0 Å². The van der Waals surface area contributed by atoms with Crippen molar-refractivity contribution in [2.45, 2.75) is 6.04 Å². The summed E-state index contributed by atoms with van der Waals surface area (Å²) < 4.78 is 15.0. The molecular weight excluding hydrogens is 484 g/mol. The van der Waals surface area contributed by atoms with Crippen LogP contribution in [0.2, 0.25) is 0 Å². The maximum Gasteiger partial charge on any atom is 0.193 e. The van der Waals surface area contributed by atoms with Gasteiger partial charge in [-0.3, -0.25) is 9.67 Å². The summed E-state index contributed by atoms with van der Waals surface area (Å²) in [6.07, 6.45) is 3.97. The van der Waals surface area contributed by atoms with Crippen molar-refractivity contribution in [1.82, 2.24) is 24.9 Å². The molecule has 2 aromatic rings. The number of rotatable bonds is 5. The van der Waals surface area contributed by atoms with Gasteiger partial charge in [0.05, 0.1) is 12.2 Å². The van der Waals surface area contributed by atoms with Gasteiger partial charge in [0.15, 0.2) is 5.96 Å². The van der Waals surface area contributed by atoms with Crippen molar-refractivity contribution >= 4 is 35.6 Å². The summed E-state index contributed by atoms with van der Waals surface area (Å²) in [5.74, 6) is 0.713. The van der Waals surface area contributed by atoms with E-state index in [0.717, 1.165) is 44.4 Å². The smallest absolute Gasteiger partial charge is 0.193 e. The van der Waals surface area contributed by atoms with E-state index >= 15 is 0 Å². The van der Waals surface area contributed by atoms with Gasteiger partial charge in [-0.25, -0.2) is 4.39 Å². The van der Waals surface area contributed by atoms with Crippen LogP contribution in [0.4, 0.5) is 10.1 Å². The zero-order valence-electron chi connectivity index (χ0n) is 17.5. The predicted octanol–water partition coefficient (Wildman–Crippen LogP) is 2.18. The molecule has 0 saturated carbocycles. The number of hydrogen-bond donors (Lipinski definition) is 1. The predicted molar refractivity (Wildman–Crippen MR) is 127 cm³/mol. The molecule has 0 amide bonds. The van der Waals surface area contributed by atoms with Gasteiger partial charge in [0.2, 0.25) is 0 Å². The maximum atomic E-state index is 13.1. The molecule has 0 spiro atoms. The Morgan fingerprint density at radius 2 is 1.86 bits per heavy atom. The van der Waals surface area contributed by atoms with Gasteiger partial charge >= 0.3 is 0 Å². The minimum absolute atomic E-state index is 0. The van der Waals surface area contributed by atoms with E-state index in [2.05, 4.69) is 50.4 Å². The van der Waals surface area contributed by atoms with E-state index in [9.17, 15) is 4.39 Å². The molecule has 1 aromatic heterocycles. The number of piperazine rings is 1. The fraction of sp³-hybridized carbons (Fsp3) is 0.500. The number of halogens is 2. The Kier molecular flexibility index (Phi) is 8.69. The number of nitrogens with one attached hydrogen (secondary N) is 1. The van der Waals surface area contributed by atoms with Gasteiger partial charge in [0, 0.05) is 64.3 Å². The van der Waals surface area contributed by atoms with Crippen LogP contribution in [-0.4, -0.2) is 79.4 Å². The molecule has 29 heavy (non-hydrogen) atoms. The molecule has 160 valence electrons. The molecule has 1 aliphatic rings. The lowest BCUT2D eigenvalue weighted by Crippen LogP contribution is -2.53. The Bertz CT molecular complexity index is 782. The van der Waals surface area contributed by atoms with Gasteiger partial charge < -0.3 is 20.0 Å². The third kappa shape index (κ3) is 6.05. The number of nitrogens with zero attached hydrogens (tertiary/aromatic N) is 6. The zero-order chi connectivity index (χ0) is 20.1. The lowest BCUT2D eigenvalue weighted by atomic mass is 10.1. The van der Waals surface area contributed by atoms with Gasteiger partial charge in [0.25, 0.3) is 0 Å². The first kappa shape index (κ1) is 23.4. The highest BCUT2D eigenvalue weighted by Gasteiger charge is 2.22. The molecule has 1 atom stereocenters. The lowest BCUT2D eigenvalue weighted by Gasteiger charge is -2.38. The Balaban J connectivity index is 0.00000300. The molecule has 1 unspecified atom stereocenters. The SMILES string of the molecule is CN=C(NCC(c1cnn(C)c1)N(C)C)N1CCN(c2ccc(F)cc2)CC1.I. The van der Waals surface area contributed by atoms with Gasteiger partial charge in [-0.1, -0.05) is 0 Å². The number of aromatic nitrogens is 2. The number of guanidine groups is 1. The first-order valence-electron chi connectivity index (χ1n) is 9.59. The summed E-state index contributed by atoms with van der Waals surface area (Å²) in [5, 5.41) is 7.81. The normalized spacial score (nSPS) is 16.0. The minimum atomic E-state index is -0.198. The molecule has 1 aliphatic heterocycles. The second kappa shape index (κ2) is 10.8. The van der Waals surface area contributed by atoms with Crippen molar-refractivity contribution in [3.63, 3.8) is 0 Å². The van der Waals surface area contributed by atoms with E-state index in [1.807, 2.05) is 37.1 Å². The van der Waals surface area contributed by atoms with Crippen molar-refractivity contribution < 1.29 is 4.39 Å². The van der Waals surface area contributed by atoms with E-state index < -0.39 is 0 Å². The van der Waals surface area contributed by atoms with Crippen LogP contribution in [0, 0.1) is 5.82 Å². The van der Waals surface area contributed by atoms with E-state index in [-0.39, 0.29) is 35.8 Å². The highest BCUT2D eigenvalue weighted by atomic mass is 127. The van der Waals surface area contributed by atoms with Crippen molar-refractivity contribution in [1.29, 1.82) is 0 Å². The molecule has 1 N–H and O–H groups in total. The van der Waals surface area contributed by atoms with Crippen LogP contribution in [0.5, 0.6) is 0 Å². The highest BCUT2D eigenvalue weighted by molar-refractivity contribution is 14.0. The Morgan fingerprint density at radius 1 is 1.21 bits per heavy atom. The molecular formula is C20H31FIN7. The average molecular weight is 515 g/mol. The third-order valence-corrected chi connectivity index (χ3v) is 5.17. The number of benzene rings is 1. The molecule has 7 nitrogen and oxygen atoms in total. The monoisotopic (exact) mass is 515 g/mol. The molecule has 0 aliphatic carbocycles. The van der Waals surface area contributed by atoms with E-state index in [0.29, 0.717) is 0 Å². The van der Waals surface area contributed by atoms with Crippen LogP contribution in [0.15, 0.2) is 41.7 Å². The number of anilines is 1. The van der Waals surface area contributed by atoms with Crippen LogP contribution in [-0.2, 0) is 7.05 Å². The molecule has 1 fully saturated rings. The van der Waals surface area contributed by atoms with Crippen LogP contribution < -0.4 is 10.2 Å². The number of aliphatic imine (C=N–C) groups is 1. The van der Waals surface area contributed by atoms with Gasteiger partial charge in [0.1, 0.15) is 5.82 Å². The summed E-state index contributed by atoms with van der Waals surface area (Å²) in [6, 6.07) is 6.93. The Labute approximate surface area is 189 Å². The quantitative estimate of drug-likeness (QED) is 0.376. The number of likely N-dealkylation sites (N-methyl/N-ethyl adjacent to an activating group) is 1. The van der Waals surface area contributed by atoms with Crippen LogP contribution >= 0.6 is 24.0 Å². The molecule has 1 aromatic carbocycles. The van der Waals surface area contributed by atoms with Crippen molar-refractivity contribution in [2.75, 3.05) is 58.8 Å². The van der Waals surface area contributed by atoms with Gasteiger partial charge in [-0.2, -0.15) is 5.10 Å². The van der Waals surface area contributed by atoms with Crippen LogP contribution in [0.1, 0.15) is 11.6 Å². The summed E-state index contributed by atoms with van der Waals surface area (Å²) in [7, 11) is 7.90. The molecule has 3 rings (SSSR count). The second-order valence-corrected chi connectivity index (χ2v) is 7.31. The summed E-state index contributed by atoms with van der Waals surface area (Å²) in [6.45, 7) is 4.26. The number of aryl methyl sites for hydroxylation is 1. The van der Waals surface area contributed by atoms with Crippen molar-refractivity contribution in [3.05, 3.63) is 48.0 Å². The number of hydrogen-bond acceptors (Lipinski definition) is 4. The standard InChI is InChI=1S/C20H30FN7.HI/c1-22-20(23-14-19(25(2)3)16-13-24-26(4)15-16)28-11-9-27(10-12-28)18-7-5-17(21)6-8-18;/h5-8,13,15,19H,9-12,14H2,1-4H3,(H,22,23);1H. The fourth-order valence-electron chi connectivity index (χ4n) is 3.56. The summed E-state index contributed by atoms with van der Waals surface area (Å²) >= 11 is 0.